The minimum Gasteiger partial charge on any atom is -0.338 e. The van der Waals surface area contributed by atoms with Gasteiger partial charge in [0.25, 0.3) is 5.91 Å². The van der Waals surface area contributed by atoms with E-state index in [4.69, 9.17) is 0 Å². The predicted octanol–water partition coefficient (Wildman–Crippen LogP) is 4.32. The summed E-state index contributed by atoms with van der Waals surface area (Å²) in [5.74, 6) is 1.25. The molecule has 0 aliphatic carbocycles. The molecule has 1 aliphatic rings. The largest absolute Gasteiger partial charge is 0.338 e. The van der Waals surface area contributed by atoms with E-state index in [1.54, 1.807) is 12.4 Å². The van der Waals surface area contributed by atoms with Gasteiger partial charge in [0.05, 0.1) is 11.8 Å². The number of benzene rings is 1. The number of hydrogen-bond donors (Lipinski definition) is 1. The first-order valence-corrected chi connectivity index (χ1v) is 10.2. The van der Waals surface area contributed by atoms with E-state index in [2.05, 4.69) is 51.4 Å². The quantitative estimate of drug-likeness (QED) is 0.721. The number of likely N-dealkylation sites (tertiary alicyclic amines) is 1. The highest BCUT2D eigenvalue weighted by atomic mass is 16.2. The molecule has 0 saturated carbocycles. The van der Waals surface area contributed by atoms with E-state index in [0.29, 0.717) is 12.1 Å². The Morgan fingerprint density at radius 2 is 1.86 bits per heavy atom. The predicted molar refractivity (Wildman–Crippen MR) is 113 cm³/mol. The monoisotopic (exact) mass is 389 g/mol. The van der Waals surface area contributed by atoms with Crippen molar-refractivity contribution in [2.24, 2.45) is 0 Å². The van der Waals surface area contributed by atoms with Crippen LogP contribution in [0.25, 0.3) is 11.1 Å². The molecule has 1 atom stereocenters. The van der Waals surface area contributed by atoms with E-state index < -0.39 is 0 Å². The molecule has 0 unspecified atom stereocenters. The van der Waals surface area contributed by atoms with Gasteiger partial charge in [-0.05, 0) is 25.3 Å². The second-order valence-electron chi connectivity index (χ2n) is 8.14. The molecule has 6 nitrogen and oxygen atoms in total. The third kappa shape index (κ3) is 4.06. The fourth-order valence-electron chi connectivity index (χ4n) is 3.90. The maximum Gasteiger partial charge on any atom is 0.257 e. The van der Waals surface area contributed by atoms with E-state index >= 15 is 0 Å². The van der Waals surface area contributed by atoms with E-state index in [1.165, 1.54) is 5.56 Å². The number of hydrogen-bond acceptors (Lipinski definition) is 4. The van der Waals surface area contributed by atoms with Crippen molar-refractivity contribution in [1.82, 2.24) is 25.1 Å². The Morgan fingerprint density at radius 1 is 1.14 bits per heavy atom. The number of carbonyl (C=O) groups is 1. The second-order valence-corrected chi connectivity index (χ2v) is 8.14. The molecule has 1 fully saturated rings. The number of aryl methyl sites for hydroxylation is 1. The Balaban J connectivity index is 1.52. The lowest BCUT2D eigenvalue weighted by atomic mass is 9.90. The summed E-state index contributed by atoms with van der Waals surface area (Å²) in [5, 5.41) is 7.50. The molecule has 3 heterocycles. The smallest absolute Gasteiger partial charge is 0.257 e. The van der Waals surface area contributed by atoms with Crippen LogP contribution in [0.15, 0.2) is 42.9 Å². The van der Waals surface area contributed by atoms with Crippen LogP contribution in [-0.4, -0.2) is 44.1 Å². The Labute approximate surface area is 171 Å². The number of nitrogens with zero attached hydrogens (tertiary/aromatic N) is 4. The van der Waals surface area contributed by atoms with Gasteiger partial charge in [0.2, 0.25) is 0 Å². The summed E-state index contributed by atoms with van der Waals surface area (Å²) < 4.78 is 0. The van der Waals surface area contributed by atoms with Crippen molar-refractivity contribution in [3.05, 3.63) is 65.5 Å². The number of aromatic nitrogens is 4. The van der Waals surface area contributed by atoms with Crippen LogP contribution in [0.3, 0.4) is 0 Å². The molecule has 4 rings (SSSR count). The van der Waals surface area contributed by atoms with Crippen molar-refractivity contribution >= 4 is 5.91 Å². The summed E-state index contributed by atoms with van der Waals surface area (Å²) in [6.45, 7) is 7.60. The highest BCUT2D eigenvalue weighted by Crippen LogP contribution is 2.33. The molecule has 6 heteroatoms. The molecule has 1 aromatic carbocycles. The zero-order chi connectivity index (χ0) is 20.4. The van der Waals surface area contributed by atoms with Gasteiger partial charge in [0.15, 0.2) is 0 Å². The van der Waals surface area contributed by atoms with Gasteiger partial charge in [-0.25, -0.2) is 9.97 Å². The Kier molecular flexibility index (Phi) is 5.43. The van der Waals surface area contributed by atoms with Crippen molar-refractivity contribution in [2.45, 2.75) is 45.4 Å². The van der Waals surface area contributed by atoms with Crippen LogP contribution in [0.5, 0.6) is 0 Å². The van der Waals surface area contributed by atoms with Crippen LogP contribution in [0, 0.1) is 6.92 Å². The van der Waals surface area contributed by atoms with Crippen LogP contribution in [0.4, 0.5) is 0 Å². The molecule has 3 aromatic rings. The Bertz CT molecular complexity index is 975. The van der Waals surface area contributed by atoms with E-state index in [1.807, 2.05) is 24.9 Å². The molecule has 1 amide bonds. The normalized spacial score (nSPS) is 17.0. The summed E-state index contributed by atoms with van der Waals surface area (Å²) in [6.07, 6.45) is 7.20. The number of aromatic amines is 1. The van der Waals surface area contributed by atoms with Gasteiger partial charge < -0.3 is 4.90 Å². The first-order valence-electron chi connectivity index (χ1n) is 10.2. The molecule has 2 aromatic heterocycles. The molecular weight excluding hydrogens is 362 g/mol. The first-order chi connectivity index (χ1) is 14.0. The maximum atomic E-state index is 13.0. The molecule has 29 heavy (non-hydrogen) atoms. The summed E-state index contributed by atoms with van der Waals surface area (Å²) >= 11 is 0. The zero-order valence-electron chi connectivity index (χ0n) is 17.2. The number of nitrogens with one attached hydrogen (secondary N) is 1. The number of H-pyrrole nitrogens is 1. The minimum atomic E-state index is 0.00130. The topological polar surface area (TPSA) is 74.8 Å². The number of rotatable bonds is 4. The number of piperidine rings is 1. The Morgan fingerprint density at radius 3 is 2.55 bits per heavy atom. The molecule has 0 spiro atoms. The van der Waals surface area contributed by atoms with E-state index in [9.17, 15) is 4.79 Å². The van der Waals surface area contributed by atoms with E-state index in [-0.39, 0.29) is 17.7 Å². The zero-order valence-corrected chi connectivity index (χ0v) is 17.2. The molecule has 0 bridgehead atoms. The minimum absolute atomic E-state index is 0.00130. The standard InChI is InChI=1S/C23H27N5O/c1-15(2)22-24-11-19(12-25-22)23(29)28-10-4-5-18(14-28)21-20(13-26-27-21)17-8-6-16(3)7-9-17/h6-9,11-13,15,18H,4-5,10,14H2,1-3H3,(H,26,27)/t18-/m1/s1. The highest BCUT2D eigenvalue weighted by Gasteiger charge is 2.28. The average molecular weight is 390 g/mol. The van der Waals surface area contributed by atoms with Crippen molar-refractivity contribution in [1.29, 1.82) is 0 Å². The fourth-order valence-corrected chi connectivity index (χ4v) is 3.90. The van der Waals surface area contributed by atoms with Crippen molar-refractivity contribution in [3.63, 3.8) is 0 Å². The summed E-state index contributed by atoms with van der Waals surface area (Å²) in [5.41, 5.74) is 5.17. The molecule has 1 saturated heterocycles. The van der Waals surface area contributed by atoms with Gasteiger partial charge in [-0.2, -0.15) is 5.10 Å². The van der Waals surface area contributed by atoms with Crippen molar-refractivity contribution in [3.8, 4) is 11.1 Å². The second kappa shape index (κ2) is 8.15. The summed E-state index contributed by atoms with van der Waals surface area (Å²) in [4.78, 5) is 23.6. The number of amides is 1. The summed E-state index contributed by atoms with van der Waals surface area (Å²) in [7, 11) is 0. The van der Waals surface area contributed by atoms with Gasteiger partial charge in [-0.3, -0.25) is 9.89 Å². The SMILES string of the molecule is Cc1ccc(-c2cn[nH]c2[C@@H]2CCCN(C(=O)c3cnc(C(C)C)nc3)C2)cc1. The lowest BCUT2D eigenvalue weighted by molar-refractivity contribution is 0.0705. The lowest BCUT2D eigenvalue weighted by Crippen LogP contribution is -2.39. The molecule has 1 N–H and O–H groups in total. The van der Waals surface area contributed by atoms with Crippen molar-refractivity contribution < 1.29 is 4.79 Å². The average Bonchev–Trinajstić information content (AvgIpc) is 3.24. The van der Waals surface area contributed by atoms with E-state index in [0.717, 1.165) is 42.0 Å². The van der Waals surface area contributed by atoms with Gasteiger partial charge >= 0.3 is 0 Å². The highest BCUT2D eigenvalue weighted by molar-refractivity contribution is 5.93. The first kappa shape index (κ1) is 19.3. The Hall–Kier alpha value is -3.02. The summed E-state index contributed by atoms with van der Waals surface area (Å²) in [6, 6.07) is 8.49. The lowest BCUT2D eigenvalue weighted by Gasteiger charge is -2.32. The van der Waals surface area contributed by atoms with Crippen LogP contribution < -0.4 is 0 Å². The van der Waals surface area contributed by atoms with Crippen LogP contribution in [0.2, 0.25) is 0 Å². The molecule has 0 radical (unpaired) electrons. The van der Waals surface area contributed by atoms with Gasteiger partial charge in [0, 0.05) is 48.6 Å². The van der Waals surface area contributed by atoms with Crippen molar-refractivity contribution in [2.75, 3.05) is 13.1 Å². The molecule has 1 aliphatic heterocycles. The molecule has 150 valence electrons. The van der Waals surface area contributed by atoms with Gasteiger partial charge in [0.1, 0.15) is 5.82 Å². The van der Waals surface area contributed by atoms with Crippen LogP contribution in [-0.2, 0) is 0 Å². The number of carbonyl (C=O) groups excluding carboxylic acids is 1. The molecular formula is C23H27N5O. The maximum absolute atomic E-state index is 13.0. The third-order valence-corrected chi connectivity index (χ3v) is 5.58. The fraction of sp³-hybridized carbons (Fsp3) is 0.391. The third-order valence-electron chi connectivity index (χ3n) is 5.58. The van der Waals surface area contributed by atoms with Gasteiger partial charge in [-0.15, -0.1) is 0 Å². The van der Waals surface area contributed by atoms with Crippen LogP contribution >= 0.6 is 0 Å². The van der Waals surface area contributed by atoms with Crippen LogP contribution in [0.1, 0.15) is 66.0 Å². The van der Waals surface area contributed by atoms with Gasteiger partial charge in [-0.1, -0.05) is 43.7 Å².